The number of nitriles is 1. The van der Waals surface area contributed by atoms with Crippen LogP contribution in [0.25, 0.3) is 0 Å². The molecule has 0 amide bonds. The van der Waals surface area contributed by atoms with Crippen molar-refractivity contribution in [2.24, 2.45) is 11.1 Å². The zero-order valence-electron chi connectivity index (χ0n) is 12.2. The van der Waals surface area contributed by atoms with E-state index in [0.29, 0.717) is 13.2 Å². The summed E-state index contributed by atoms with van der Waals surface area (Å²) in [5.74, 6) is 0.961. The van der Waals surface area contributed by atoms with Crippen LogP contribution in [0.3, 0.4) is 0 Å². The van der Waals surface area contributed by atoms with Crippen LogP contribution in [0.5, 0.6) is 5.75 Å². The number of nitrogens with two attached hydrogens (primary N) is 1. The van der Waals surface area contributed by atoms with Gasteiger partial charge in [-0.1, -0.05) is 18.2 Å². The van der Waals surface area contributed by atoms with Crippen molar-refractivity contribution in [1.29, 1.82) is 5.26 Å². The van der Waals surface area contributed by atoms with Crippen molar-refractivity contribution in [1.82, 2.24) is 0 Å². The Morgan fingerprint density at radius 2 is 2.11 bits per heavy atom. The van der Waals surface area contributed by atoms with Crippen molar-refractivity contribution in [3.8, 4) is 11.8 Å². The maximum atomic E-state index is 8.96. The fraction of sp³-hybridized carbons (Fsp3) is 0.562. The molecular formula is C16H24N2O. The lowest BCUT2D eigenvalue weighted by Crippen LogP contribution is -2.11. The first-order valence-corrected chi connectivity index (χ1v) is 6.83. The second-order valence-electron chi connectivity index (χ2n) is 5.55. The Morgan fingerprint density at radius 1 is 1.37 bits per heavy atom. The van der Waals surface area contributed by atoms with Gasteiger partial charge in [-0.15, -0.1) is 0 Å². The zero-order chi connectivity index (χ0) is 14.3. The Kier molecular flexibility index (Phi) is 5.85. The van der Waals surface area contributed by atoms with Gasteiger partial charge < -0.3 is 10.5 Å². The molecule has 0 radical (unpaired) electrons. The highest BCUT2D eigenvalue weighted by Crippen LogP contribution is 2.25. The SMILES string of the molecule is Cc1cccc(CCN)c1OCCCC(C)(C)C#N. The molecule has 0 fully saturated rings. The van der Waals surface area contributed by atoms with Crippen LogP contribution in [0.1, 0.15) is 37.8 Å². The van der Waals surface area contributed by atoms with Gasteiger partial charge in [0.25, 0.3) is 0 Å². The first kappa shape index (κ1) is 15.5. The number of benzene rings is 1. The highest BCUT2D eigenvalue weighted by atomic mass is 16.5. The molecule has 0 saturated carbocycles. The summed E-state index contributed by atoms with van der Waals surface area (Å²) in [5.41, 5.74) is 7.66. The molecule has 0 atom stereocenters. The van der Waals surface area contributed by atoms with Crippen molar-refractivity contribution in [2.45, 2.75) is 40.0 Å². The zero-order valence-corrected chi connectivity index (χ0v) is 12.2. The van der Waals surface area contributed by atoms with E-state index >= 15 is 0 Å². The van der Waals surface area contributed by atoms with E-state index in [4.69, 9.17) is 15.7 Å². The molecule has 1 aromatic rings. The predicted molar refractivity (Wildman–Crippen MR) is 78.1 cm³/mol. The van der Waals surface area contributed by atoms with Gasteiger partial charge in [0.15, 0.2) is 0 Å². The summed E-state index contributed by atoms with van der Waals surface area (Å²) in [7, 11) is 0. The number of rotatable bonds is 7. The van der Waals surface area contributed by atoms with E-state index in [1.165, 1.54) is 5.56 Å². The molecule has 0 saturated heterocycles. The second-order valence-corrected chi connectivity index (χ2v) is 5.55. The largest absolute Gasteiger partial charge is 0.493 e. The van der Waals surface area contributed by atoms with Crippen LogP contribution < -0.4 is 10.5 Å². The maximum absolute atomic E-state index is 8.96. The molecule has 0 spiro atoms. The standard InChI is InChI=1S/C16H24N2O/c1-13-6-4-7-14(8-10-17)15(13)19-11-5-9-16(2,3)12-18/h4,6-7H,5,8-11,17H2,1-3H3. The van der Waals surface area contributed by atoms with E-state index in [-0.39, 0.29) is 5.41 Å². The van der Waals surface area contributed by atoms with Crippen LogP contribution in [0, 0.1) is 23.7 Å². The number of para-hydroxylation sites is 1. The van der Waals surface area contributed by atoms with Crippen LogP contribution in [0.4, 0.5) is 0 Å². The molecule has 2 N–H and O–H groups in total. The van der Waals surface area contributed by atoms with Gasteiger partial charge in [-0.2, -0.15) is 5.26 Å². The lowest BCUT2D eigenvalue weighted by Gasteiger charge is -2.17. The van der Waals surface area contributed by atoms with E-state index in [1.807, 2.05) is 19.9 Å². The molecule has 0 aliphatic heterocycles. The van der Waals surface area contributed by atoms with Crippen molar-refractivity contribution in [2.75, 3.05) is 13.2 Å². The highest BCUT2D eigenvalue weighted by Gasteiger charge is 2.16. The molecule has 0 aliphatic carbocycles. The third kappa shape index (κ3) is 4.92. The lowest BCUT2D eigenvalue weighted by atomic mass is 9.90. The van der Waals surface area contributed by atoms with Crippen molar-refractivity contribution in [3.05, 3.63) is 29.3 Å². The number of hydrogen-bond acceptors (Lipinski definition) is 3. The molecule has 3 nitrogen and oxygen atoms in total. The van der Waals surface area contributed by atoms with Gasteiger partial charge in [-0.25, -0.2) is 0 Å². The number of aryl methyl sites for hydroxylation is 1. The topological polar surface area (TPSA) is 59.0 Å². The van der Waals surface area contributed by atoms with Crippen LogP contribution in [0.2, 0.25) is 0 Å². The average molecular weight is 260 g/mol. The first-order chi connectivity index (χ1) is 9.00. The molecule has 104 valence electrons. The van der Waals surface area contributed by atoms with Gasteiger partial charge >= 0.3 is 0 Å². The Balaban J connectivity index is 2.56. The minimum absolute atomic E-state index is 0.269. The van der Waals surface area contributed by atoms with Gasteiger partial charge in [-0.05, 0) is 57.7 Å². The number of ether oxygens (including phenoxy) is 1. The van der Waals surface area contributed by atoms with E-state index in [9.17, 15) is 0 Å². The molecule has 3 heteroatoms. The minimum Gasteiger partial charge on any atom is -0.493 e. The molecule has 1 aromatic carbocycles. The van der Waals surface area contributed by atoms with Crippen LogP contribution in [-0.2, 0) is 6.42 Å². The van der Waals surface area contributed by atoms with Gasteiger partial charge in [0.2, 0.25) is 0 Å². The summed E-state index contributed by atoms with van der Waals surface area (Å²) in [4.78, 5) is 0. The van der Waals surface area contributed by atoms with Gasteiger partial charge in [0, 0.05) is 0 Å². The Morgan fingerprint density at radius 3 is 2.74 bits per heavy atom. The van der Waals surface area contributed by atoms with Crippen molar-refractivity contribution < 1.29 is 4.74 Å². The lowest BCUT2D eigenvalue weighted by molar-refractivity contribution is 0.280. The molecule has 0 aliphatic rings. The fourth-order valence-electron chi connectivity index (χ4n) is 2.02. The molecule has 0 bridgehead atoms. The third-order valence-electron chi connectivity index (χ3n) is 3.20. The highest BCUT2D eigenvalue weighted by molar-refractivity contribution is 5.40. The molecule has 1 rings (SSSR count). The third-order valence-corrected chi connectivity index (χ3v) is 3.20. The van der Waals surface area contributed by atoms with Crippen LogP contribution >= 0.6 is 0 Å². The summed E-state index contributed by atoms with van der Waals surface area (Å²) in [6.07, 6.45) is 2.57. The van der Waals surface area contributed by atoms with Crippen molar-refractivity contribution >= 4 is 0 Å². The van der Waals surface area contributed by atoms with E-state index < -0.39 is 0 Å². The van der Waals surface area contributed by atoms with Gasteiger partial charge in [0.05, 0.1) is 18.1 Å². The first-order valence-electron chi connectivity index (χ1n) is 6.83. The predicted octanol–water partition coefficient (Wildman–Crippen LogP) is 3.21. The second kappa shape index (κ2) is 7.16. The molecule has 0 unspecified atom stereocenters. The van der Waals surface area contributed by atoms with Gasteiger partial charge in [-0.3, -0.25) is 0 Å². The minimum atomic E-state index is -0.269. The summed E-state index contributed by atoms with van der Waals surface area (Å²) in [6, 6.07) is 8.46. The van der Waals surface area contributed by atoms with Crippen LogP contribution in [0.15, 0.2) is 18.2 Å². The van der Waals surface area contributed by atoms with Gasteiger partial charge in [0.1, 0.15) is 5.75 Å². The molecule has 0 aromatic heterocycles. The van der Waals surface area contributed by atoms with Crippen LogP contribution in [-0.4, -0.2) is 13.2 Å². The molecule has 0 heterocycles. The smallest absolute Gasteiger partial charge is 0.125 e. The summed E-state index contributed by atoms with van der Waals surface area (Å²) < 4.78 is 5.90. The number of nitrogens with zero attached hydrogens (tertiary/aromatic N) is 1. The Labute approximate surface area is 116 Å². The maximum Gasteiger partial charge on any atom is 0.125 e. The Hall–Kier alpha value is -1.53. The monoisotopic (exact) mass is 260 g/mol. The van der Waals surface area contributed by atoms with E-state index in [0.717, 1.165) is 30.6 Å². The van der Waals surface area contributed by atoms with Crippen molar-refractivity contribution in [3.63, 3.8) is 0 Å². The summed E-state index contributed by atoms with van der Waals surface area (Å²) in [5, 5.41) is 8.96. The van der Waals surface area contributed by atoms with E-state index in [1.54, 1.807) is 0 Å². The quantitative estimate of drug-likeness (QED) is 0.766. The molecular weight excluding hydrogens is 236 g/mol. The average Bonchev–Trinajstić information content (AvgIpc) is 2.37. The normalized spacial score (nSPS) is 11.1. The molecule has 19 heavy (non-hydrogen) atoms. The fourth-order valence-corrected chi connectivity index (χ4v) is 2.02. The van der Waals surface area contributed by atoms with E-state index in [2.05, 4.69) is 25.1 Å². The summed E-state index contributed by atoms with van der Waals surface area (Å²) >= 11 is 0. The summed E-state index contributed by atoms with van der Waals surface area (Å²) in [6.45, 7) is 7.24. The number of hydrogen-bond donors (Lipinski definition) is 1. The Bertz CT molecular complexity index is 447.